The second-order valence-corrected chi connectivity index (χ2v) is 5.46. The molecule has 0 unspecified atom stereocenters. The summed E-state index contributed by atoms with van der Waals surface area (Å²) in [6, 6.07) is 0.0105. The summed E-state index contributed by atoms with van der Waals surface area (Å²) in [5.74, 6) is -0.0271. The molecule has 1 aromatic heterocycles. The fraction of sp³-hybridized carbons (Fsp3) is 0.692. The van der Waals surface area contributed by atoms with E-state index >= 15 is 0 Å². The van der Waals surface area contributed by atoms with Crippen LogP contribution in [0.5, 0.6) is 0 Å². The fourth-order valence-corrected chi connectivity index (χ4v) is 2.93. The van der Waals surface area contributed by atoms with Gasteiger partial charge in [0.25, 0.3) is 0 Å². The maximum atomic E-state index is 11.3. The lowest BCUT2D eigenvalue weighted by Gasteiger charge is -2.28. The van der Waals surface area contributed by atoms with Crippen molar-refractivity contribution in [3.63, 3.8) is 0 Å². The van der Waals surface area contributed by atoms with Crippen LogP contribution >= 0.6 is 0 Å². The van der Waals surface area contributed by atoms with Crippen molar-refractivity contribution < 1.29 is 9.72 Å². The molecule has 8 heteroatoms. The van der Waals surface area contributed by atoms with Gasteiger partial charge in [0.05, 0.1) is 4.92 Å². The Morgan fingerprint density at radius 1 is 1.57 bits per heavy atom. The Labute approximate surface area is 122 Å². The van der Waals surface area contributed by atoms with Gasteiger partial charge in [0, 0.05) is 18.5 Å². The van der Waals surface area contributed by atoms with Crippen molar-refractivity contribution in [1.82, 2.24) is 9.78 Å². The maximum Gasteiger partial charge on any atom is 0.333 e. The lowest BCUT2D eigenvalue weighted by atomic mass is 9.85. The molecule has 0 saturated heterocycles. The van der Waals surface area contributed by atoms with Crippen LogP contribution in [0.2, 0.25) is 0 Å². The number of nitro groups is 1. The van der Waals surface area contributed by atoms with Crippen LogP contribution in [0.25, 0.3) is 0 Å². The molecule has 21 heavy (non-hydrogen) atoms. The van der Waals surface area contributed by atoms with E-state index in [9.17, 15) is 14.9 Å². The highest BCUT2D eigenvalue weighted by atomic mass is 16.6. The first-order chi connectivity index (χ1) is 9.93. The highest BCUT2D eigenvalue weighted by Crippen LogP contribution is 2.32. The van der Waals surface area contributed by atoms with Crippen molar-refractivity contribution >= 4 is 17.4 Å². The number of carbonyl (C=O) groups is 1. The van der Waals surface area contributed by atoms with Gasteiger partial charge < -0.3 is 11.1 Å². The summed E-state index contributed by atoms with van der Waals surface area (Å²) < 4.78 is 1.60. The topological polar surface area (TPSA) is 116 Å². The Kier molecular flexibility index (Phi) is 4.44. The third-order valence-electron chi connectivity index (χ3n) is 4.00. The van der Waals surface area contributed by atoms with Crippen molar-refractivity contribution in [3.05, 3.63) is 15.8 Å². The zero-order chi connectivity index (χ0) is 15.6. The number of aryl methyl sites for hydroxylation is 2. The Morgan fingerprint density at radius 3 is 2.86 bits per heavy atom. The summed E-state index contributed by atoms with van der Waals surface area (Å²) in [6.07, 6.45) is 3.16. The number of anilines is 1. The number of amides is 1. The molecule has 1 fully saturated rings. The second-order valence-electron chi connectivity index (χ2n) is 5.46. The summed E-state index contributed by atoms with van der Waals surface area (Å²) >= 11 is 0. The maximum absolute atomic E-state index is 11.3. The molecule has 3 N–H and O–H groups in total. The Hall–Kier alpha value is -2.12. The van der Waals surface area contributed by atoms with Gasteiger partial charge in [-0.1, -0.05) is 6.42 Å². The molecule has 1 heterocycles. The number of nitrogens with one attached hydrogen (secondary N) is 1. The molecule has 1 aliphatic rings. The van der Waals surface area contributed by atoms with E-state index in [4.69, 9.17) is 5.73 Å². The van der Waals surface area contributed by atoms with Gasteiger partial charge in [0.15, 0.2) is 0 Å². The zero-order valence-electron chi connectivity index (χ0n) is 12.3. The Bertz CT molecular complexity index is 554. The summed E-state index contributed by atoms with van der Waals surface area (Å²) in [6.45, 7) is 4.06. The molecule has 2 rings (SSSR count). The summed E-state index contributed by atoms with van der Waals surface area (Å²) in [7, 11) is 0. The number of aromatic nitrogens is 2. The molecular formula is C13H21N5O3. The third-order valence-corrected chi connectivity index (χ3v) is 4.00. The van der Waals surface area contributed by atoms with Gasteiger partial charge in [0.2, 0.25) is 11.7 Å². The first kappa shape index (κ1) is 15.3. The van der Waals surface area contributed by atoms with Crippen molar-refractivity contribution in [2.75, 3.05) is 5.32 Å². The minimum absolute atomic E-state index is 0.0105. The number of rotatable bonds is 5. The second kappa shape index (κ2) is 6.11. The molecule has 0 spiro atoms. The van der Waals surface area contributed by atoms with Gasteiger partial charge in [-0.25, -0.2) is 4.68 Å². The number of hydrogen-bond acceptors (Lipinski definition) is 5. The van der Waals surface area contributed by atoms with Crippen LogP contribution in [-0.2, 0) is 11.3 Å². The Morgan fingerprint density at radius 2 is 2.29 bits per heavy atom. The van der Waals surface area contributed by atoms with Crippen LogP contribution in [0.1, 0.15) is 38.3 Å². The quantitative estimate of drug-likeness (QED) is 0.632. The van der Waals surface area contributed by atoms with Crippen LogP contribution in [0.15, 0.2) is 0 Å². The molecule has 2 atom stereocenters. The van der Waals surface area contributed by atoms with E-state index < -0.39 is 4.92 Å². The van der Waals surface area contributed by atoms with E-state index in [-0.39, 0.29) is 23.6 Å². The molecule has 0 aliphatic heterocycles. The Balaban J connectivity index is 2.22. The van der Waals surface area contributed by atoms with Gasteiger partial charge in [0.1, 0.15) is 5.69 Å². The average molecular weight is 295 g/mol. The zero-order valence-corrected chi connectivity index (χ0v) is 12.3. The molecule has 0 radical (unpaired) electrons. The van der Waals surface area contributed by atoms with E-state index in [1.54, 1.807) is 11.6 Å². The molecule has 1 amide bonds. The SMILES string of the molecule is CCn1nc(C)c([N+](=O)[O-])c1N[C@@H]1CCC[C@H](C(N)=O)C1. The molecule has 116 valence electrons. The van der Waals surface area contributed by atoms with E-state index in [2.05, 4.69) is 10.4 Å². The highest BCUT2D eigenvalue weighted by molar-refractivity contribution is 5.76. The monoisotopic (exact) mass is 295 g/mol. The van der Waals surface area contributed by atoms with Gasteiger partial charge in [-0.2, -0.15) is 5.10 Å². The molecule has 0 aromatic carbocycles. The number of nitrogens with two attached hydrogens (primary N) is 1. The minimum atomic E-state index is -0.411. The lowest BCUT2D eigenvalue weighted by Crippen LogP contribution is -2.34. The van der Waals surface area contributed by atoms with Crippen LogP contribution in [0, 0.1) is 23.0 Å². The number of primary amides is 1. The molecular weight excluding hydrogens is 274 g/mol. The molecule has 0 bridgehead atoms. The van der Waals surface area contributed by atoms with E-state index in [1.165, 1.54) is 0 Å². The lowest BCUT2D eigenvalue weighted by molar-refractivity contribution is -0.384. The smallest absolute Gasteiger partial charge is 0.333 e. The first-order valence-corrected chi connectivity index (χ1v) is 7.21. The van der Waals surface area contributed by atoms with Crippen LogP contribution in [0.3, 0.4) is 0 Å². The molecule has 1 saturated carbocycles. The molecule has 1 aromatic rings. The van der Waals surface area contributed by atoms with Crippen LogP contribution < -0.4 is 11.1 Å². The van der Waals surface area contributed by atoms with E-state index in [0.717, 1.165) is 19.3 Å². The minimum Gasteiger partial charge on any atom is -0.369 e. The van der Waals surface area contributed by atoms with Crippen LogP contribution in [-0.4, -0.2) is 26.7 Å². The number of nitrogens with zero attached hydrogens (tertiary/aromatic N) is 3. The fourth-order valence-electron chi connectivity index (χ4n) is 2.93. The van der Waals surface area contributed by atoms with Crippen molar-refractivity contribution in [1.29, 1.82) is 0 Å². The van der Waals surface area contributed by atoms with E-state index in [1.807, 2.05) is 6.92 Å². The van der Waals surface area contributed by atoms with Gasteiger partial charge >= 0.3 is 5.69 Å². The average Bonchev–Trinajstić information content (AvgIpc) is 2.75. The molecule has 8 nitrogen and oxygen atoms in total. The van der Waals surface area contributed by atoms with Crippen molar-refractivity contribution in [2.24, 2.45) is 11.7 Å². The summed E-state index contributed by atoms with van der Waals surface area (Å²) in [5, 5.41) is 18.6. The normalized spacial score (nSPS) is 22.0. The standard InChI is InChI=1S/C13H21N5O3/c1-3-17-13(11(18(20)21)8(2)16-17)15-10-6-4-5-9(7-10)12(14)19/h9-10,15H,3-7H2,1-2H3,(H2,14,19)/t9-,10+/m0/s1. The predicted molar refractivity (Wildman–Crippen MR) is 77.9 cm³/mol. The third kappa shape index (κ3) is 3.14. The van der Waals surface area contributed by atoms with Gasteiger partial charge in [-0.3, -0.25) is 14.9 Å². The van der Waals surface area contributed by atoms with Crippen LogP contribution in [0.4, 0.5) is 11.5 Å². The summed E-state index contributed by atoms with van der Waals surface area (Å²) in [4.78, 5) is 22.1. The van der Waals surface area contributed by atoms with Crippen molar-refractivity contribution in [2.45, 2.75) is 52.1 Å². The largest absolute Gasteiger partial charge is 0.369 e. The predicted octanol–water partition coefficient (Wildman–Crippen LogP) is 1.58. The first-order valence-electron chi connectivity index (χ1n) is 7.21. The highest BCUT2D eigenvalue weighted by Gasteiger charge is 2.30. The molecule has 1 aliphatic carbocycles. The van der Waals surface area contributed by atoms with Gasteiger partial charge in [-0.15, -0.1) is 0 Å². The van der Waals surface area contributed by atoms with Gasteiger partial charge in [-0.05, 0) is 33.1 Å². The van der Waals surface area contributed by atoms with E-state index in [0.29, 0.717) is 24.5 Å². The summed E-state index contributed by atoms with van der Waals surface area (Å²) in [5.41, 5.74) is 5.78. The number of hydrogen-bond donors (Lipinski definition) is 2. The van der Waals surface area contributed by atoms with Crippen molar-refractivity contribution in [3.8, 4) is 0 Å². The number of carbonyl (C=O) groups excluding carboxylic acids is 1.